The predicted molar refractivity (Wildman–Crippen MR) is 93.2 cm³/mol. The van der Waals surface area contributed by atoms with Crippen molar-refractivity contribution < 1.29 is 13.9 Å². The summed E-state index contributed by atoms with van der Waals surface area (Å²) in [6, 6.07) is 11.6. The molecule has 0 aliphatic carbocycles. The minimum atomic E-state index is -0.704. The van der Waals surface area contributed by atoms with Crippen LogP contribution in [0.15, 0.2) is 51.7 Å². The summed E-state index contributed by atoms with van der Waals surface area (Å²) in [6.07, 6.45) is 0. The molecule has 1 aromatic heterocycles. The number of carbonyl (C=O) groups is 1. The maximum Gasteiger partial charge on any atom is 0.349 e. The van der Waals surface area contributed by atoms with Gasteiger partial charge in [0.2, 0.25) is 0 Å². The van der Waals surface area contributed by atoms with Crippen molar-refractivity contribution in [2.24, 2.45) is 0 Å². The first-order valence-corrected chi connectivity index (χ1v) is 7.55. The maximum absolute atomic E-state index is 12.5. The van der Waals surface area contributed by atoms with Crippen molar-refractivity contribution in [1.29, 1.82) is 0 Å². The number of carbonyl (C=O) groups excluding carboxylic acids is 1. The van der Waals surface area contributed by atoms with E-state index in [0.717, 1.165) is 5.56 Å². The maximum atomic E-state index is 12.5. The van der Waals surface area contributed by atoms with Crippen LogP contribution in [-0.4, -0.2) is 13.0 Å². The van der Waals surface area contributed by atoms with Gasteiger partial charge in [0.15, 0.2) is 0 Å². The first-order valence-electron chi connectivity index (χ1n) is 7.17. The number of amides is 1. The average Bonchev–Trinajstić information content (AvgIpc) is 2.57. The normalized spacial score (nSPS) is 10.6. The number of aryl methyl sites for hydroxylation is 1. The van der Waals surface area contributed by atoms with Crippen LogP contribution in [-0.2, 0) is 0 Å². The molecule has 1 N–H and O–H groups in total. The third-order valence-corrected chi connectivity index (χ3v) is 3.87. The molecule has 0 fully saturated rings. The van der Waals surface area contributed by atoms with Crippen molar-refractivity contribution in [2.75, 3.05) is 12.4 Å². The average molecular weight is 344 g/mol. The van der Waals surface area contributed by atoms with E-state index in [9.17, 15) is 9.59 Å². The van der Waals surface area contributed by atoms with Crippen molar-refractivity contribution >= 4 is 34.2 Å². The summed E-state index contributed by atoms with van der Waals surface area (Å²) in [5.41, 5.74) is 0.966. The number of halogens is 1. The lowest BCUT2D eigenvalue weighted by Gasteiger charge is -2.09. The molecular formula is C18H14ClNO4. The zero-order valence-corrected chi connectivity index (χ0v) is 13.8. The number of nitrogens with one attached hydrogen (secondary N) is 1. The van der Waals surface area contributed by atoms with Gasteiger partial charge in [0, 0.05) is 16.1 Å². The summed E-state index contributed by atoms with van der Waals surface area (Å²) in [4.78, 5) is 24.5. The first-order chi connectivity index (χ1) is 11.5. The summed E-state index contributed by atoms with van der Waals surface area (Å²) in [7, 11) is 1.54. The van der Waals surface area contributed by atoms with E-state index < -0.39 is 11.5 Å². The Morgan fingerprint density at radius 1 is 1.17 bits per heavy atom. The number of hydrogen-bond acceptors (Lipinski definition) is 4. The number of methoxy groups -OCH3 is 1. The topological polar surface area (TPSA) is 68.5 Å². The molecule has 0 bridgehead atoms. The van der Waals surface area contributed by atoms with Gasteiger partial charge in [-0.05, 0) is 48.9 Å². The van der Waals surface area contributed by atoms with Crippen molar-refractivity contribution in [3.05, 3.63) is 69.0 Å². The Hall–Kier alpha value is -2.79. The molecule has 24 heavy (non-hydrogen) atoms. The molecule has 0 atom stereocenters. The molecule has 0 spiro atoms. The molecule has 0 aliphatic rings. The van der Waals surface area contributed by atoms with E-state index >= 15 is 0 Å². The molecule has 2 aromatic carbocycles. The standard InChI is InChI=1S/C18H14ClNO4/c1-10-3-4-12(19)9-15(10)20-17(21)14-8-11-7-13(23-2)5-6-16(11)24-18(14)22/h3-9H,1-2H3,(H,20,21). The zero-order valence-electron chi connectivity index (χ0n) is 13.1. The Kier molecular flexibility index (Phi) is 4.27. The Morgan fingerprint density at radius 2 is 1.96 bits per heavy atom. The number of hydrogen-bond donors (Lipinski definition) is 1. The molecule has 122 valence electrons. The van der Waals surface area contributed by atoms with Crippen molar-refractivity contribution in [3.63, 3.8) is 0 Å². The second-order valence-corrected chi connectivity index (χ2v) is 5.70. The highest BCUT2D eigenvalue weighted by molar-refractivity contribution is 6.31. The van der Waals surface area contributed by atoms with Gasteiger partial charge < -0.3 is 14.5 Å². The molecule has 0 saturated heterocycles. The summed E-state index contributed by atoms with van der Waals surface area (Å²) >= 11 is 5.94. The number of anilines is 1. The summed E-state index contributed by atoms with van der Waals surface area (Å²) in [6.45, 7) is 1.83. The number of fused-ring (bicyclic) bond motifs is 1. The third-order valence-electron chi connectivity index (χ3n) is 3.63. The van der Waals surface area contributed by atoms with Crippen LogP contribution < -0.4 is 15.7 Å². The summed E-state index contributed by atoms with van der Waals surface area (Å²) < 4.78 is 10.3. The largest absolute Gasteiger partial charge is 0.497 e. The fourth-order valence-corrected chi connectivity index (χ4v) is 2.48. The van der Waals surface area contributed by atoms with E-state index in [4.69, 9.17) is 20.8 Å². The van der Waals surface area contributed by atoms with Crippen LogP contribution in [0.3, 0.4) is 0 Å². The molecule has 1 heterocycles. The molecule has 1 amide bonds. The lowest BCUT2D eigenvalue weighted by Crippen LogP contribution is -2.21. The molecule has 3 rings (SSSR count). The molecule has 3 aromatic rings. The Labute approximate surface area is 142 Å². The van der Waals surface area contributed by atoms with Gasteiger partial charge in [0.05, 0.1) is 7.11 Å². The lowest BCUT2D eigenvalue weighted by molar-refractivity contribution is 0.102. The molecule has 0 saturated carbocycles. The van der Waals surface area contributed by atoms with Gasteiger partial charge in [-0.3, -0.25) is 4.79 Å². The van der Waals surface area contributed by atoms with Crippen molar-refractivity contribution in [3.8, 4) is 5.75 Å². The van der Waals surface area contributed by atoms with E-state index in [1.807, 2.05) is 6.92 Å². The van der Waals surface area contributed by atoms with Crippen molar-refractivity contribution in [1.82, 2.24) is 0 Å². The molecule has 0 radical (unpaired) electrons. The van der Waals surface area contributed by atoms with E-state index in [0.29, 0.717) is 27.4 Å². The van der Waals surface area contributed by atoms with Crippen LogP contribution in [0.2, 0.25) is 5.02 Å². The van der Waals surface area contributed by atoms with Crippen LogP contribution in [0.25, 0.3) is 11.0 Å². The van der Waals surface area contributed by atoms with Crippen LogP contribution in [0.4, 0.5) is 5.69 Å². The van der Waals surface area contributed by atoms with Gasteiger partial charge in [-0.2, -0.15) is 0 Å². The third kappa shape index (κ3) is 3.12. The monoisotopic (exact) mass is 343 g/mol. The Balaban J connectivity index is 2.01. The van der Waals surface area contributed by atoms with E-state index in [1.165, 1.54) is 13.2 Å². The quantitative estimate of drug-likeness (QED) is 0.729. The lowest BCUT2D eigenvalue weighted by atomic mass is 10.1. The minimum absolute atomic E-state index is 0.0878. The van der Waals surface area contributed by atoms with E-state index in [2.05, 4.69) is 5.32 Å². The minimum Gasteiger partial charge on any atom is -0.497 e. The Bertz CT molecular complexity index is 994. The van der Waals surface area contributed by atoms with Gasteiger partial charge in [-0.15, -0.1) is 0 Å². The van der Waals surface area contributed by atoms with Crippen LogP contribution in [0.1, 0.15) is 15.9 Å². The highest BCUT2D eigenvalue weighted by Gasteiger charge is 2.15. The zero-order chi connectivity index (χ0) is 17.3. The predicted octanol–water partition coefficient (Wildman–Crippen LogP) is 4.02. The molecule has 0 aliphatic heterocycles. The van der Waals surface area contributed by atoms with Gasteiger partial charge in [0.1, 0.15) is 16.9 Å². The molecule has 0 unspecified atom stereocenters. The second kappa shape index (κ2) is 6.37. The van der Waals surface area contributed by atoms with Crippen molar-refractivity contribution in [2.45, 2.75) is 6.92 Å². The van der Waals surface area contributed by atoms with Gasteiger partial charge in [-0.25, -0.2) is 4.79 Å². The van der Waals surface area contributed by atoms with Crippen LogP contribution >= 0.6 is 11.6 Å². The summed E-state index contributed by atoms with van der Waals surface area (Å²) in [5.74, 6) is 0.0484. The molecule has 6 heteroatoms. The first kappa shape index (κ1) is 16.1. The fourth-order valence-electron chi connectivity index (χ4n) is 2.31. The second-order valence-electron chi connectivity index (χ2n) is 5.26. The van der Waals surface area contributed by atoms with Gasteiger partial charge in [-0.1, -0.05) is 17.7 Å². The fraction of sp³-hybridized carbons (Fsp3) is 0.111. The highest BCUT2D eigenvalue weighted by atomic mass is 35.5. The molecular weight excluding hydrogens is 330 g/mol. The smallest absolute Gasteiger partial charge is 0.349 e. The number of rotatable bonds is 3. The summed E-state index contributed by atoms with van der Waals surface area (Å²) in [5, 5.41) is 3.78. The van der Waals surface area contributed by atoms with Crippen LogP contribution in [0.5, 0.6) is 5.75 Å². The Morgan fingerprint density at radius 3 is 2.71 bits per heavy atom. The van der Waals surface area contributed by atoms with Gasteiger partial charge >= 0.3 is 5.63 Å². The van der Waals surface area contributed by atoms with Crippen LogP contribution in [0, 0.1) is 6.92 Å². The van der Waals surface area contributed by atoms with E-state index in [-0.39, 0.29) is 5.56 Å². The SMILES string of the molecule is COc1ccc2oc(=O)c(C(=O)Nc3cc(Cl)ccc3C)cc2c1. The number of ether oxygens (including phenoxy) is 1. The number of benzene rings is 2. The molecule has 5 nitrogen and oxygen atoms in total. The van der Waals surface area contributed by atoms with E-state index in [1.54, 1.807) is 36.4 Å². The van der Waals surface area contributed by atoms with Gasteiger partial charge in [0.25, 0.3) is 5.91 Å². The highest BCUT2D eigenvalue weighted by Crippen LogP contribution is 2.22.